The van der Waals surface area contributed by atoms with Crippen molar-refractivity contribution in [1.29, 1.82) is 0 Å². The van der Waals surface area contributed by atoms with E-state index in [1.165, 1.54) is 6.07 Å². The summed E-state index contributed by atoms with van der Waals surface area (Å²) >= 11 is 0. The van der Waals surface area contributed by atoms with Crippen LogP contribution in [-0.4, -0.2) is 25.9 Å². The molecule has 0 saturated carbocycles. The van der Waals surface area contributed by atoms with Gasteiger partial charge in [0, 0.05) is 6.04 Å². The molecule has 2 rings (SSSR count). The van der Waals surface area contributed by atoms with Gasteiger partial charge in [-0.05, 0) is 37.3 Å². The lowest BCUT2D eigenvalue weighted by atomic mass is 9.89. The van der Waals surface area contributed by atoms with E-state index in [1.54, 1.807) is 6.07 Å². The summed E-state index contributed by atoms with van der Waals surface area (Å²) in [4.78, 5) is 0. The molecule has 0 aromatic carbocycles. The Bertz CT molecular complexity index is 642. The van der Waals surface area contributed by atoms with Gasteiger partial charge >= 0.3 is 6.18 Å². The quantitative estimate of drug-likeness (QED) is 0.933. The first-order chi connectivity index (χ1) is 10.1. The molecule has 0 bridgehead atoms. The number of aromatic nitrogens is 4. The number of nitrogens with zero attached hydrogens (tertiary/aromatic N) is 4. The minimum Gasteiger partial charge on any atom is -0.366 e. The summed E-state index contributed by atoms with van der Waals surface area (Å²) in [6, 6.07) is 3.18. The SMILES string of the molecule is CC(CCC(C)(C)C)Nc1ccc2nnc(C(F)(F)F)n2n1. The van der Waals surface area contributed by atoms with Gasteiger partial charge in [0.05, 0.1) is 0 Å². The number of hydrogen-bond donors (Lipinski definition) is 1. The molecule has 5 nitrogen and oxygen atoms in total. The van der Waals surface area contributed by atoms with Crippen LogP contribution in [0.5, 0.6) is 0 Å². The lowest BCUT2D eigenvalue weighted by molar-refractivity contribution is -0.146. The normalized spacial score (nSPS) is 14.3. The Morgan fingerprint density at radius 3 is 2.45 bits per heavy atom. The number of alkyl halides is 3. The predicted molar refractivity (Wildman–Crippen MR) is 77.6 cm³/mol. The molecule has 2 heterocycles. The first kappa shape index (κ1) is 16.5. The third-order valence-electron chi connectivity index (χ3n) is 3.24. The summed E-state index contributed by atoms with van der Waals surface area (Å²) in [6.07, 6.45) is -2.68. The Balaban J connectivity index is 2.15. The number of rotatable bonds is 4. The van der Waals surface area contributed by atoms with Gasteiger partial charge in [0.25, 0.3) is 5.82 Å². The molecule has 0 aliphatic rings. The van der Waals surface area contributed by atoms with Crippen molar-refractivity contribution in [2.75, 3.05) is 5.32 Å². The second-order valence-corrected chi connectivity index (χ2v) is 6.65. The first-order valence-corrected chi connectivity index (χ1v) is 7.12. The molecular weight excluding hydrogens is 295 g/mol. The van der Waals surface area contributed by atoms with Gasteiger partial charge in [-0.3, -0.25) is 0 Å². The van der Waals surface area contributed by atoms with Crippen LogP contribution in [0.3, 0.4) is 0 Å². The zero-order valence-corrected chi connectivity index (χ0v) is 13.1. The molecule has 0 saturated heterocycles. The summed E-state index contributed by atoms with van der Waals surface area (Å²) in [6.45, 7) is 8.43. The molecule has 1 N–H and O–H groups in total. The molecule has 0 spiro atoms. The summed E-state index contributed by atoms with van der Waals surface area (Å²) in [5.74, 6) is -0.743. The van der Waals surface area contributed by atoms with Gasteiger partial charge in [0.2, 0.25) is 0 Å². The van der Waals surface area contributed by atoms with Crippen molar-refractivity contribution in [3.05, 3.63) is 18.0 Å². The molecule has 0 radical (unpaired) electrons. The minimum atomic E-state index is -4.58. The summed E-state index contributed by atoms with van der Waals surface area (Å²) in [7, 11) is 0. The Labute approximate surface area is 126 Å². The van der Waals surface area contributed by atoms with E-state index < -0.39 is 12.0 Å². The summed E-state index contributed by atoms with van der Waals surface area (Å²) in [5, 5.41) is 13.7. The van der Waals surface area contributed by atoms with Crippen LogP contribution in [0.2, 0.25) is 0 Å². The van der Waals surface area contributed by atoms with Crippen LogP contribution in [0.4, 0.5) is 19.0 Å². The molecule has 2 aromatic heterocycles. The predicted octanol–water partition coefficient (Wildman–Crippen LogP) is 3.77. The Kier molecular flexibility index (Phi) is 4.30. The van der Waals surface area contributed by atoms with Crippen molar-refractivity contribution in [3.63, 3.8) is 0 Å². The van der Waals surface area contributed by atoms with Crippen molar-refractivity contribution >= 4 is 11.5 Å². The highest BCUT2D eigenvalue weighted by Gasteiger charge is 2.37. The Morgan fingerprint density at radius 2 is 1.86 bits per heavy atom. The van der Waals surface area contributed by atoms with Crippen LogP contribution in [0.15, 0.2) is 12.1 Å². The van der Waals surface area contributed by atoms with Crippen molar-refractivity contribution in [2.45, 2.75) is 52.8 Å². The third kappa shape index (κ3) is 4.08. The van der Waals surface area contributed by atoms with E-state index in [0.717, 1.165) is 17.4 Å². The molecule has 0 aliphatic heterocycles. The maximum Gasteiger partial charge on any atom is 0.453 e. The molecule has 2 aromatic rings. The molecule has 0 fully saturated rings. The summed E-state index contributed by atoms with van der Waals surface area (Å²) in [5.41, 5.74) is 0.283. The van der Waals surface area contributed by atoms with Gasteiger partial charge in [-0.1, -0.05) is 20.8 Å². The topological polar surface area (TPSA) is 55.1 Å². The van der Waals surface area contributed by atoms with E-state index in [9.17, 15) is 13.2 Å². The second kappa shape index (κ2) is 5.73. The third-order valence-corrected chi connectivity index (χ3v) is 3.24. The maximum atomic E-state index is 12.8. The van der Waals surface area contributed by atoms with Gasteiger partial charge in [-0.25, -0.2) is 0 Å². The van der Waals surface area contributed by atoms with Gasteiger partial charge in [0.1, 0.15) is 5.82 Å². The molecular formula is C14H20F3N5. The zero-order valence-electron chi connectivity index (χ0n) is 13.1. The van der Waals surface area contributed by atoms with Crippen LogP contribution in [0.1, 0.15) is 46.4 Å². The van der Waals surface area contributed by atoms with Crippen molar-refractivity contribution in [3.8, 4) is 0 Å². The lowest BCUT2D eigenvalue weighted by Crippen LogP contribution is -2.20. The van der Waals surface area contributed by atoms with E-state index in [1.807, 2.05) is 6.92 Å². The maximum absolute atomic E-state index is 12.8. The van der Waals surface area contributed by atoms with E-state index in [-0.39, 0.29) is 17.1 Å². The van der Waals surface area contributed by atoms with E-state index in [4.69, 9.17) is 0 Å². The Morgan fingerprint density at radius 1 is 1.18 bits per heavy atom. The molecule has 0 aliphatic carbocycles. The lowest BCUT2D eigenvalue weighted by Gasteiger charge is -2.21. The van der Waals surface area contributed by atoms with Gasteiger partial charge < -0.3 is 5.32 Å². The van der Waals surface area contributed by atoms with Crippen molar-refractivity contribution in [2.24, 2.45) is 5.41 Å². The summed E-state index contributed by atoms with van der Waals surface area (Å²) < 4.78 is 39.2. The highest BCUT2D eigenvalue weighted by molar-refractivity contribution is 5.44. The molecule has 122 valence electrons. The van der Waals surface area contributed by atoms with E-state index in [0.29, 0.717) is 5.82 Å². The fraction of sp³-hybridized carbons (Fsp3) is 0.643. The second-order valence-electron chi connectivity index (χ2n) is 6.65. The fourth-order valence-electron chi connectivity index (χ4n) is 2.02. The van der Waals surface area contributed by atoms with Gasteiger partial charge in [-0.15, -0.1) is 15.3 Å². The molecule has 22 heavy (non-hydrogen) atoms. The van der Waals surface area contributed by atoms with E-state index in [2.05, 4.69) is 41.4 Å². The molecule has 1 unspecified atom stereocenters. The Hall–Kier alpha value is -1.86. The smallest absolute Gasteiger partial charge is 0.366 e. The van der Waals surface area contributed by atoms with Crippen LogP contribution in [0, 0.1) is 5.41 Å². The van der Waals surface area contributed by atoms with Crippen molar-refractivity contribution < 1.29 is 13.2 Å². The molecule has 1 atom stereocenters. The number of nitrogens with one attached hydrogen (secondary N) is 1. The number of fused-ring (bicyclic) bond motifs is 1. The zero-order chi connectivity index (χ0) is 16.5. The van der Waals surface area contributed by atoms with Crippen molar-refractivity contribution in [1.82, 2.24) is 19.8 Å². The van der Waals surface area contributed by atoms with Crippen LogP contribution >= 0.6 is 0 Å². The first-order valence-electron chi connectivity index (χ1n) is 7.12. The highest BCUT2D eigenvalue weighted by Crippen LogP contribution is 2.28. The van der Waals surface area contributed by atoms with Crippen LogP contribution < -0.4 is 5.32 Å². The van der Waals surface area contributed by atoms with Gasteiger partial charge in [0.15, 0.2) is 5.65 Å². The number of anilines is 1. The van der Waals surface area contributed by atoms with Gasteiger partial charge in [-0.2, -0.15) is 17.7 Å². The largest absolute Gasteiger partial charge is 0.453 e. The standard InChI is InChI=1S/C14H20F3N5/c1-9(7-8-13(2,3)4)18-10-5-6-11-19-20-12(14(15,16)17)22(11)21-10/h5-6,9H,7-8H2,1-4H3,(H,18,21). The fourth-order valence-corrected chi connectivity index (χ4v) is 2.02. The average molecular weight is 315 g/mol. The number of halogens is 3. The average Bonchev–Trinajstić information content (AvgIpc) is 2.78. The van der Waals surface area contributed by atoms with Crippen LogP contribution in [-0.2, 0) is 6.18 Å². The minimum absolute atomic E-state index is 0.0696. The monoisotopic (exact) mass is 315 g/mol. The molecule has 0 amide bonds. The van der Waals surface area contributed by atoms with Crippen LogP contribution in [0.25, 0.3) is 5.65 Å². The molecule has 8 heteroatoms. The van der Waals surface area contributed by atoms with E-state index >= 15 is 0 Å². The number of hydrogen-bond acceptors (Lipinski definition) is 4. The highest BCUT2D eigenvalue weighted by atomic mass is 19.4.